The fourth-order valence-electron chi connectivity index (χ4n) is 3.57. The van der Waals surface area contributed by atoms with Gasteiger partial charge in [0.2, 0.25) is 5.91 Å². The first-order valence-corrected chi connectivity index (χ1v) is 12.5. The SMILES string of the molecule is CCCCCCCCCCCCCC(=O)N(CCOCC1CO1)CCOCC1CO1. The van der Waals surface area contributed by atoms with Crippen LogP contribution in [0.3, 0.4) is 0 Å². The average Bonchev–Trinajstić information content (AvgIpc) is 3.66. The van der Waals surface area contributed by atoms with Crippen LogP contribution >= 0.6 is 0 Å². The number of unbranched alkanes of at least 4 members (excludes halogenated alkanes) is 10. The summed E-state index contributed by atoms with van der Waals surface area (Å²) in [4.78, 5) is 14.6. The molecule has 0 aromatic heterocycles. The molecule has 0 aliphatic carbocycles. The molecule has 0 saturated carbocycles. The van der Waals surface area contributed by atoms with Crippen molar-refractivity contribution in [1.29, 1.82) is 0 Å². The number of hydrogen-bond acceptors (Lipinski definition) is 5. The fraction of sp³-hybridized carbons (Fsp3) is 0.958. The van der Waals surface area contributed by atoms with Gasteiger partial charge < -0.3 is 23.8 Å². The van der Waals surface area contributed by atoms with Crippen LogP contribution in [0, 0.1) is 0 Å². The summed E-state index contributed by atoms with van der Waals surface area (Å²) >= 11 is 0. The number of carbonyl (C=O) groups excluding carboxylic acids is 1. The minimum atomic E-state index is 0.225. The lowest BCUT2D eigenvalue weighted by Gasteiger charge is -2.22. The van der Waals surface area contributed by atoms with E-state index in [0.717, 1.165) is 26.1 Å². The Hall–Kier alpha value is -0.690. The molecule has 2 fully saturated rings. The van der Waals surface area contributed by atoms with Crippen molar-refractivity contribution in [2.75, 3.05) is 52.7 Å². The Morgan fingerprint density at radius 1 is 0.767 bits per heavy atom. The van der Waals surface area contributed by atoms with Crippen LogP contribution in [-0.4, -0.2) is 75.7 Å². The molecule has 2 aliphatic heterocycles. The van der Waals surface area contributed by atoms with Crippen LogP contribution in [-0.2, 0) is 23.7 Å². The lowest BCUT2D eigenvalue weighted by atomic mass is 10.1. The van der Waals surface area contributed by atoms with Crippen molar-refractivity contribution in [2.45, 2.75) is 96.2 Å². The second kappa shape index (κ2) is 16.9. The highest BCUT2D eigenvalue weighted by atomic mass is 16.6. The van der Waals surface area contributed by atoms with Gasteiger partial charge in [-0.05, 0) is 6.42 Å². The summed E-state index contributed by atoms with van der Waals surface area (Å²) < 4.78 is 21.6. The summed E-state index contributed by atoms with van der Waals surface area (Å²) in [5.41, 5.74) is 0. The summed E-state index contributed by atoms with van der Waals surface area (Å²) in [6.45, 7) is 7.54. The largest absolute Gasteiger partial charge is 0.377 e. The van der Waals surface area contributed by atoms with Crippen LogP contribution in [0.5, 0.6) is 0 Å². The van der Waals surface area contributed by atoms with Crippen LogP contribution < -0.4 is 0 Å². The standard InChI is InChI=1S/C24H45NO5/c1-2-3-4-5-6-7-8-9-10-11-12-13-24(26)25(14-16-27-18-22-20-29-22)15-17-28-19-23-21-30-23/h22-23H,2-21H2,1H3. The van der Waals surface area contributed by atoms with E-state index in [1.54, 1.807) is 0 Å². The first kappa shape index (κ1) is 25.6. The minimum absolute atomic E-state index is 0.225. The van der Waals surface area contributed by atoms with Crippen LogP contribution in [0.2, 0.25) is 0 Å². The van der Waals surface area contributed by atoms with Crippen LogP contribution in [0.4, 0.5) is 0 Å². The molecule has 1 amide bonds. The molecule has 2 rings (SSSR count). The average molecular weight is 428 g/mol. The molecule has 2 saturated heterocycles. The van der Waals surface area contributed by atoms with Gasteiger partial charge in [-0.25, -0.2) is 0 Å². The van der Waals surface area contributed by atoms with E-state index >= 15 is 0 Å². The van der Waals surface area contributed by atoms with Crippen molar-refractivity contribution >= 4 is 5.91 Å². The molecule has 0 spiro atoms. The van der Waals surface area contributed by atoms with Crippen LogP contribution in [0.15, 0.2) is 0 Å². The van der Waals surface area contributed by atoms with Gasteiger partial charge in [-0.2, -0.15) is 0 Å². The molecule has 2 atom stereocenters. The number of amides is 1. The number of epoxide rings is 2. The molecule has 0 N–H and O–H groups in total. The maximum atomic E-state index is 12.6. The van der Waals surface area contributed by atoms with Crippen molar-refractivity contribution in [1.82, 2.24) is 4.90 Å². The lowest BCUT2D eigenvalue weighted by molar-refractivity contribution is -0.133. The third kappa shape index (κ3) is 14.3. The maximum absolute atomic E-state index is 12.6. The number of nitrogens with zero attached hydrogens (tertiary/aromatic N) is 1. The van der Waals surface area contributed by atoms with Gasteiger partial charge in [0.05, 0.1) is 39.6 Å². The molecule has 0 aromatic rings. The minimum Gasteiger partial charge on any atom is -0.377 e. The van der Waals surface area contributed by atoms with Crippen molar-refractivity contribution in [2.24, 2.45) is 0 Å². The van der Waals surface area contributed by atoms with E-state index in [1.807, 2.05) is 4.90 Å². The zero-order valence-corrected chi connectivity index (χ0v) is 19.3. The maximum Gasteiger partial charge on any atom is 0.222 e. The van der Waals surface area contributed by atoms with Crippen LogP contribution in [0.25, 0.3) is 0 Å². The number of carbonyl (C=O) groups is 1. The van der Waals surface area contributed by atoms with E-state index in [9.17, 15) is 4.79 Å². The van der Waals surface area contributed by atoms with Crippen molar-refractivity contribution in [3.63, 3.8) is 0 Å². The first-order chi connectivity index (χ1) is 14.8. The van der Waals surface area contributed by atoms with E-state index in [2.05, 4.69) is 6.92 Å². The number of rotatable bonds is 22. The predicted molar refractivity (Wildman–Crippen MR) is 119 cm³/mol. The summed E-state index contributed by atoms with van der Waals surface area (Å²) in [7, 11) is 0. The molecule has 2 unspecified atom stereocenters. The topological polar surface area (TPSA) is 63.8 Å². The third-order valence-corrected chi connectivity index (χ3v) is 5.77. The molecule has 0 bridgehead atoms. The summed E-state index contributed by atoms with van der Waals surface area (Å²) in [5.74, 6) is 0.225. The molecule has 2 heterocycles. The Balaban J connectivity index is 1.47. The summed E-state index contributed by atoms with van der Waals surface area (Å²) in [6, 6.07) is 0. The lowest BCUT2D eigenvalue weighted by Crippen LogP contribution is -2.37. The van der Waals surface area contributed by atoms with E-state index in [0.29, 0.717) is 45.9 Å². The third-order valence-electron chi connectivity index (χ3n) is 5.77. The highest BCUT2D eigenvalue weighted by molar-refractivity contribution is 5.76. The Morgan fingerprint density at radius 3 is 1.63 bits per heavy atom. The molecular weight excluding hydrogens is 382 g/mol. The molecule has 2 aliphatic rings. The van der Waals surface area contributed by atoms with E-state index in [1.165, 1.54) is 57.8 Å². The summed E-state index contributed by atoms with van der Waals surface area (Å²) in [6.07, 6.45) is 15.5. The Labute approximate surface area is 183 Å². The normalized spacial score (nSPS) is 19.8. The van der Waals surface area contributed by atoms with Gasteiger partial charge in [0.25, 0.3) is 0 Å². The second-order valence-electron chi connectivity index (χ2n) is 8.73. The van der Waals surface area contributed by atoms with Crippen LogP contribution in [0.1, 0.15) is 84.0 Å². The predicted octanol–water partition coefficient (Wildman–Crippen LogP) is 4.35. The van der Waals surface area contributed by atoms with Gasteiger partial charge in [0.1, 0.15) is 12.2 Å². The van der Waals surface area contributed by atoms with E-state index in [4.69, 9.17) is 18.9 Å². The Morgan fingerprint density at radius 2 is 1.20 bits per heavy atom. The monoisotopic (exact) mass is 427 g/mol. The first-order valence-electron chi connectivity index (χ1n) is 12.5. The molecule has 176 valence electrons. The molecule has 0 aromatic carbocycles. The summed E-state index contributed by atoms with van der Waals surface area (Å²) in [5, 5.41) is 0. The van der Waals surface area contributed by atoms with Gasteiger partial charge in [0, 0.05) is 19.5 Å². The van der Waals surface area contributed by atoms with Gasteiger partial charge in [-0.15, -0.1) is 0 Å². The smallest absolute Gasteiger partial charge is 0.222 e. The van der Waals surface area contributed by atoms with Crippen molar-refractivity contribution in [3.05, 3.63) is 0 Å². The van der Waals surface area contributed by atoms with E-state index < -0.39 is 0 Å². The quantitative estimate of drug-likeness (QED) is 0.190. The van der Waals surface area contributed by atoms with Gasteiger partial charge in [-0.3, -0.25) is 4.79 Å². The highest BCUT2D eigenvalue weighted by Crippen LogP contribution is 2.13. The Kier molecular flexibility index (Phi) is 14.4. The van der Waals surface area contributed by atoms with Crippen molar-refractivity contribution < 1.29 is 23.7 Å². The Bertz CT molecular complexity index is 406. The van der Waals surface area contributed by atoms with Crippen molar-refractivity contribution in [3.8, 4) is 0 Å². The fourth-order valence-corrected chi connectivity index (χ4v) is 3.57. The molecular formula is C24H45NO5. The molecule has 30 heavy (non-hydrogen) atoms. The molecule has 6 nitrogen and oxygen atoms in total. The van der Waals surface area contributed by atoms with E-state index in [-0.39, 0.29) is 18.1 Å². The zero-order valence-electron chi connectivity index (χ0n) is 19.3. The molecule has 0 radical (unpaired) electrons. The highest BCUT2D eigenvalue weighted by Gasteiger charge is 2.23. The molecule has 6 heteroatoms. The van der Waals surface area contributed by atoms with Gasteiger partial charge in [0.15, 0.2) is 0 Å². The zero-order chi connectivity index (χ0) is 21.3. The van der Waals surface area contributed by atoms with Gasteiger partial charge in [-0.1, -0.05) is 71.1 Å². The second-order valence-corrected chi connectivity index (χ2v) is 8.73. The number of ether oxygens (including phenoxy) is 4. The number of hydrogen-bond donors (Lipinski definition) is 0. The van der Waals surface area contributed by atoms with Gasteiger partial charge >= 0.3 is 0 Å².